The van der Waals surface area contributed by atoms with Crippen molar-refractivity contribution in [3.8, 4) is 0 Å². The molecule has 18 atom stereocenters. The second-order valence-electron chi connectivity index (χ2n) is 20.1. The summed E-state index contributed by atoms with van der Waals surface area (Å²) in [5.74, 6) is 0.207. The van der Waals surface area contributed by atoms with Crippen molar-refractivity contribution >= 4 is 5.97 Å². The maximum atomic E-state index is 13.7. The maximum absolute atomic E-state index is 13.7. The van der Waals surface area contributed by atoms with E-state index in [0.29, 0.717) is 25.7 Å². The standard InChI is InChI=1S/C41H64O13/c1-35(2)24-8-11-37(4)25(16-20(43)28-32-40(7,49)39(6)13-15-41(32,34(48)54-39)14-12-38(28,37)5)36(24,3)10-9-26(35)53-27-17-22(21(44)19-50-27)51-33-31(47)30(46)29(45)23(18-42)52-33/h20-27,29-31,33,42-47,49H,8-19H2,1-7H3/t20-,21-,22+,23?,24-,25+,26-,27-,29+,30-,31?,33+,36-,37+,38+,39-,40-,41+/m0/s1. The molecule has 7 N–H and O–H groups in total. The van der Waals surface area contributed by atoms with Crippen molar-refractivity contribution < 1.29 is 64.2 Å². The molecule has 54 heavy (non-hydrogen) atoms. The SMILES string of the molecule is CC1(C)[C@@H](O[C@H]2C[C@@H](O[C@@H]3OC(CO)[C@@H](O)[C@H](O)C3O)[C@@H](O)CO2)CC[C@]2(C)[C@H]3C[C@H](O)C4=C5[C@]6(CC[C@](C)(OC6=O)[C@@]5(C)O)CC[C@@]4(C)[C@]3(C)CC[C@@H]12. The summed E-state index contributed by atoms with van der Waals surface area (Å²) < 4.78 is 30.2. The molecule has 4 heterocycles. The molecule has 0 aromatic heterocycles. The molecule has 4 saturated heterocycles. The Morgan fingerprint density at radius 1 is 0.796 bits per heavy atom. The van der Waals surface area contributed by atoms with Crippen LogP contribution < -0.4 is 0 Å². The molecule has 306 valence electrons. The molecule has 13 nitrogen and oxygen atoms in total. The van der Waals surface area contributed by atoms with Crippen molar-refractivity contribution in [2.75, 3.05) is 13.2 Å². The third-order valence-electron chi connectivity index (χ3n) is 17.5. The highest BCUT2D eigenvalue weighted by Crippen LogP contribution is 2.77. The van der Waals surface area contributed by atoms with E-state index < -0.39 is 83.9 Å². The molecule has 5 aliphatic carbocycles. The molecule has 0 amide bonds. The first-order valence-corrected chi connectivity index (χ1v) is 20.4. The van der Waals surface area contributed by atoms with Crippen molar-refractivity contribution in [2.24, 2.45) is 38.9 Å². The normalized spacial score (nSPS) is 56.7. The summed E-state index contributed by atoms with van der Waals surface area (Å²) in [6.45, 7) is 14.6. The molecule has 2 bridgehead atoms. The zero-order valence-electron chi connectivity index (χ0n) is 33.0. The van der Waals surface area contributed by atoms with Crippen LogP contribution in [0, 0.1) is 38.9 Å². The molecule has 2 unspecified atom stereocenters. The topological polar surface area (TPSA) is 205 Å². The van der Waals surface area contributed by atoms with Gasteiger partial charge in [0.1, 0.15) is 41.7 Å². The van der Waals surface area contributed by atoms with Crippen LogP contribution in [0.5, 0.6) is 0 Å². The number of fused-ring (bicyclic) bond motifs is 7. The first-order chi connectivity index (χ1) is 25.1. The fourth-order valence-corrected chi connectivity index (χ4v) is 13.9. The highest BCUT2D eigenvalue weighted by Gasteiger charge is 2.75. The van der Waals surface area contributed by atoms with Crippen LogP contribution in [0.1, 0.15) is 113 Å². The molecule has 1 spiro atoms. The van der Waals surface area contributed by atoms with Gasteiger partial charge >= 0.3 is 5.97 Å². The molecule has 4 aliphatic heterocycles. The summed E-state index contributed by atoms with van der Waals surface area (Å²) in [7, 11) is 0. The van der Waals surface area contributed by atoms with Crippen molar-refractivity contribution in [1.82, 2.24) is 0 Å². The second kappa shape index (κ2) is 12.6. The van der Waals surface area contributed by atoms with Gasteiger partial charge < -0.3 is 59.4 Å². The molecular weight excluding hydrogens is 700 g/mol. The monoisotopic (exact) mass is 764 g/mol. The lowest BCUT2D eigenvalue weighted by molar-refractivity contribution is -0.336. The zero-order chi connectivity index (χ0) is 39.2. The van der Waals surface area contributed by atoms with Gasteiger partial charge in [-0.3, -0.25) is 4.79 Å². The number of aliphatic hydroxyl groups excluding tert-OH is 6. The molecule has 4 saturated carbocycles. The summed E-state index contributed by atoms with van der Waals surface area (Å²) in [5, 5.41) is 76.0. The van der Waals surface area contributed by atoms with E-state index in [4.69, 9.17) is 23.7 Å². The third-order valence-corrected chi connectivity index (χ3v) is 17.5. The number of aliphatic hydroxyl groups is 7. The Morgan fingerprint density at radius 3 is 2.19 bits per heavy atom. The van der Waals surface area contributed by atoms with E-state index in [2.05, 4.69) is 34.6 Å². The fourth-order valence-electron chi connectivity index (χ4n) is 13.9. The van der Waals surface area contributed by atoms with Crippen LogP contribution >= 0.6 is 0 Å². The molecule has 0 radical (unpaired) electrons. The van der Waals surface area contributed by atoms with E-state index in [1.807, 2.05) is 6.92 Å². The summed E-state index contributed by atoms with van der Waals surface area (Å²) in [6.07, 6.45) is -3.92. The highest BCUT2D eigenvalue weighted by atomic mass is 16.7. The van der Waals surface area contributed by atoms with E-state index in [1.165, 1.54) is 0 Å². The predicted octanol–water partition coefficient (Wildman–Crippen LogP) is 2.23. The smallest absolute Gasteiger partial charge is 0.317 e. The minimum absolute atomic E-state index is 0.0686. The first kappa shape index (κ1) is 39.6. The fraction of sp³-hybridized carbons (Fsp3) is 0.927. The lowest BCUT2D eigenvalue weighted by Gasteiger charge is -2.73. The summed E-state index contributed by atoms with van der Waals surface area (Å²) >= 11 is 0. The average molecular weight is 765 g/mol. The van der Waals surface area contributed by atoms with E-state index in [9.17, 15) is 40.5 Å². The molecule has 9 aliphatic rings. The second-order valence-corrected chi connectivity index (χ2v) is 20.1. The number of ether oxygens (including phenoxy) is 5. The van der Waals surface area contributed by atoms with E-state index in [0.717, 1.165) is 43.3 Å². The van der Waals surface area contributed by atoms with Gasteiger partial charge in [0, 0.05) is 6.42 Å². The van der Waals surface area contributed by atoms with Gasteiger partial charge in [0.05, 0.1) is 36.9 Å². The van der Waals surface area contributed by atoms with Gasteiger partial charge in [0.2, 0.25) is 0 Å². The molecule has 9 rings (SSSR count). The highest BCUT2D eigenvalue weighted by molar-refractivity contribution is 5.86. The van der Waals surface area contributed by atoms with E-state index in [-0.39, 0.29) is 53.2 Å². The Hall–Kier alpha value is -1.23. The van der Waals surface area contributed by atoms with Gasteiger partial charge in [0.15, 0.2) is 12.6 Å². The molecule has 0 aromatic carbocycles. The number of hydrogen-bond donors (Lipinski definition) is 7. The minimum Gasteiger partial charge on any atom is -0.455 e. The Labute approximate surface area is 318 Å². The van der Waals surface area contributed by atoms with Gasteiger partial charge in [-0.1, -0.05) is 34.6 Å². The minimum atomic E-state index is -1.59. The van der Waals surface area contributed by atoms with Crippen LogP contribution in [0.15, 0.2) is 11.1 Å². The Bertz CT molecular complexity index is 1550. The van der Waals surface area contributed by atoms with Gasteiger partial charge in [-0.05, 0) is 116 Å². The lowest BCUT2D eigenvalue weighted by atomic mass is 9.33. The Balaban J connectivity index is 1.02. The summed E-state index contributed by atoms with van der Waals surface area (Å²) in [4.78, 5) is 13.7. The first-order valence-electron chi connectivity index (χ1n) is 20.4. The number of carbonyl (C=O) groups excluding carboxylic acids is 1. The van der Waals surface area contributed by atoms with Crippen LogP contribution in [-0.2, 0) is 28.5 Å². The van der Waals surface area contributed by atoms with Gasteiger partial charge in [-0.25, -0.2) is 0 Å². The summed E-state index contributed by atoms with van der Waals surface area (Å²) in [5.41, 5.74) is -2.62. The van der Waals surface area contributed by atoms with Gasteiger partial charge in [0.25, 0.3) is 0 Å². The largest absolute Gasteiger partial charge is 0.455 e. The average Bonchev–Trinajstić information content (AvgIpc) is 3.10. The maximum Gasteiger partial charge on any atom is 0.317 e. The number of rotatable bonds is 5. The molecular formula is C41H64O13. The molecule has 0 aromatic rings. The number of carbonyl (C=O) groups is 1. The van der Waals surface area contributed by atoms with Crippen LogP contribution in [0.4, 0.5) is 0 Å². The van der Waals surface area contributed by atoms with E-state index in [1.54, 1.807) is 6.92 Å². The van der Waals surface area contributed by atoms with Gasteiger partial charge in [-0.15, -0.1) is 0 Å². The van der Waals surface area contributed by atoms with Crippen molar-refractivity contribution in [3.63, 3.8) is 0 Å². The quantitative estimate of drug-likeness (QED) is 0.122. The Kier molecular flexibility index (Phi) is 9.26. The predicted molar refractivity (Wildman–Crippen MR) is 191 cm³/mol. The lowest BCUT2D eigenvalue weighted by Crippen LogP contribution is -2.72. The number of hydrogen-bond acceptors (Lipinski definition) is 13. The number of esters is 1. The Morgan fingerprint density at radius 2 is 1.50 bits per heavy atom. The van der Waals surface area contributed by atoms with Crippen LogP contribution in [0.3, 0.4) is 0 Å². The van der Waals surface area contributed by atoms with Crippen LogP contribution in [0.25, 0.3) is 0 Å². The summed E-state index contributed by atoms with van der Waals surface area (Å²) in [6, 6.07) is 0. The van der Waals surface area contributed by atoms with Crippen molar-refractivity contribution in [3.05, 3.63) is 11.1 Å². The van der Waals surface area contributed by atoms with Gasteiger partial charge in [-0.2, -0.15) is 0 Å². The van der Waals surface area contributed by atoms with Crippen molar-refractivity contribution in [1.29, 1.82) is 0 Å². The zero-order valence-corrected chi connectivity index (χ0v) is 33.0. The third kappa shape index (κ3) is 5.12. The van der Waals surface area contributed by atoms with E-state index >= 15 is 0 Å². The molecule has 8 fully saturated rings. The molecule has 13 heteroatoms. The van der Waals surface area contributed by atoms with Crippen LogP contribution in [0.2, 0.25) is 0 Å². The van der Waals surface area contributed by atoms with Crippen LogP contribution in [-0.4, -0.2) is 128 Å². The van der Waals surface area contributed by atoms with Crippen molar-refractivity contribution in [2.45, 2.75) is 185 Å².